The minimum atomic E-state index is -2.46. The molecule has 0 aromatic heterocycles. The molecule has 0 N–H and O–H groups in total. The second-order valence-corrected chi connectivity index (χ2v) is 6.40. The zero-order valence-electron chi connectivity index (χ0n) is 9.65. The van der Waals surface area contributed by atoms with Gasteiger partial charge < -0.3 is 22.8 Å². The van der Waals surface area contributed by atoms with Crippen molar-refractivity contribution in [3.63, 3.8) is 0 Å². The summed E-state index contributed by atoms with van der Waals surface area (Å²) in [5.74, 6) is 0. The van der Waals surface area contributed by atoms with E-state index in [4.69, 9.17) is 22.8 Å². The van der Waals surface area contributed by atoms with Gasteiger partial charge in [-0.2, -0.15) is 0 Å². The van der Waals surface area contributed by atoms with Crippen LogP contribution in [-0.2, 0) is 22.8 Å². The normalized spacial score (nSPS) is 19.3. The summed E-state index contributed by atoms with van der Waals surface area (Å²) >= 11 is 0. The maximum absolute atomic E-state index is 5.56. The fraction of sp³-hybridized carbons (Fsp3) is 1.00. The number of epoxide rings is 1. The van der Waals surface area contributed by atoms with Crippen LogP contribution in [0.25, 0.3) is 0 Å². The molecule has 16 heavy (non-hydrogen) atoms. The van der Waals surface area contributed by atoms with Crippen LogP contribution < -0.4 is 0 Å². The lowest BCUT2D eigenvalue weighted by atomic mass is 10.5. The molecule has 0 aliphatic carbocycles. The number of ether oxygens (including phenoxy) is 2. The Morgan fingerprint density at radius 2 is 1.94 bits per heavy atom. The average molecular weight is 268 g/mol. The maximum atomic E-state index is 5.56. The summed E-state index contributed by atoms with van der Waals surface area (Å²) in [7, 11) is 0.780. The first-order valence-corrected chi connectivity index (χ1v) is 7.13. The monoisotopic (exact) mass is 268 g/mol. The Labute approximate surface area is 103 Å². The quantitative estimate of drug-likeness (QED) is 0.246. The van der Waals surface area contributed by atoms with Crippen LogP contribution in [0.3, 0.4) is 0 Å². The van der Waals surface area contributed by atoms with E-state index in [1.807, 2.05) is 0 Å². The first-order valence-electron chi connectivity index (χ1n) is 5.20. The highest BCUT2D eigenvalue weighted by atomic mass is 28.4. The molecule has 0 saturated carbocycles. The van der Waals surface area contributed by atoms with Gasteiger partial charge in [0.15, 0.2) is 0 Å². The topological polar surface area (TPSA) is 49.5 Å². The lowest BCUT2D eigenvalue weighted by Crippen LogP contribution is -2.44. The SMILES string of the molecule is CCC[Si](OC)(OC)OCOCC1CO1.[SiH4]. The van der Waals surface area contributed by atoms with Crippen LogP contribution in [0.2, 0.25) is 6.04 Å². The molecule has 1 heterocycles. The molecule has 1 atom stereocenters. The van der Waals surface area contributed by atoms with Crippen LogP contribution >= 0.6 is 0 Å². The Hall–Kier alpha value is 0.234. The first-order chi connectivity index (χ1) is 7.26. The van der Waals surface area contributed by atoms with Gasteiger partial charge >= 0.3 is 8.80 Å². The van der Waals surface area contributed by atoms with E-state index in [1.165, 1.54) is 0 Å². The molecule has 0 spiro atoms. The Bertz CT molecular complexity index is 173. The number of hydrogen-bond acceptors (Lipinski definition) is 5. The summed E-state index contributed by atoms with van der Waals surface area (Å²) in [6, 6.07) is 0.809. The van der Waals surface area contributed by atoms with E-state index in [-0.39, 0.29) is 23.9 Å². The van der Waals surface area contributed by atoms with Crippen LogP contribution in [0.4, 0.5) is 0 Å². The Balaban J connectivity index is 0.00000225. The molecular weight excluding hydrogens is 244 g/mol. The largest absolute Gasteiger partial charge is 0.502 e. The zero-order valence-corrected chi connectivity index (χ0v) is 10.7. The summed E-state index contributed by atoms with van der Waals surface area (Å²) in [6.07, 6.45) is 1.24. The van der Waals surface area contributed by atoms with E-state index in [0.29, 0.717) is 6.61 Å². The van der Waals surface area contributed by atoms with Gasteiger partial charge in [0, 0.05) is 20.3 Å². The van der Waals surface area contributed by atoms with Crippen molar-refractivity contribution in [2.24, 2.45) is 0 Å². The van der Waals surface area contributed by atoms with Crippen molar-refractivity contribution in [3.8, 4) is 0 Å². The third-order valence-corrected chi connectivity index (χ3v) is 5.16. The lowest BCUT2D eigenvalue weighted by Gasteiger charge is -2.25. The van der Waals surface area contributed by atoms with Crippen molar-refractivity contribution >= 4 is 19.8 Å². The van der Waals surface area contributed by atoms with Gasteiger partial charge in [-0.25, -0.2) is 0 Å². The van der Waals surface area contributed by atoms with Gasteiger partial charge in [0.25, 0.3) is 0 Å². The van der Waals surface area contributed by atoms with Gasteiger partial charge in [-0.15, -0.1) is 0 Å². The molecule has 0 radical (unpaired) electrons. The molecule has 98 valence electrons. The fourth-order valence-electron chi connectivity index (χ4n) is 1.26. The van der Waals surface area contributed by atoms with E-state index in [9.17, 15) is 0 Å². The summed E-state index contributed by atoms with van der Waals surface area (Å²) in [6.45, 7) is 3.67. The van der Waals surface area contributed by atoms with Crippen molar-refractivity contribution in [2.75, 3.05) is 34.2 Å². The van der Waals surface area contributed by atoms with Crippen LogP contribution in [0.15, 0.2) is 0 Å². The van der Waals surface area contributed by atoms with Crippen molar-refractivity contribution < 1.29 is 22.8 Å². The van der Waals surface area contributed by atoms with Crippen molar-refractivity contribution in [2.45, 2.75) is 25.5 Å². The van der Waals surface area contributed by atoms with Crippen LogP contribution in [0.1, 0.15) is 13.3 Å². The van der Waals surface area contributed by atoms with Crippen LogP contribution in [0.5, 0.6) is 0 Å². The first kappa shape index (κ1) is 16.2. The molecule has 0 aromatic rings. The molecule has 1 saturated heterocycles. The summed E-state index contributed by atoms with van der Waals surface area (Å²) in [4.78, 5) is 0. The van der Waals surface area contributed by atoms with E-state index < -0.39 is 8.80 Å². The minimum absolute atomic E-state index is 0. The molecule has 1 rings (SSSR count). The molecule has 1 unspecified atom stereocenters. The van der Waals surface area contributed by atoms with Crippen molar-refractivity contribution in [1.29, 1.82) is 0 Å². The smallest absolute Gasteiger partial charge is 0.377 e. The third-order valence-electron chi connectivity index (χ3n) is 2.25. The van der Waals surface area contributed by atoms with E-state index >= 15 is 0 Å². The second kappa shape index (κ2) is 8.34. The van der Waals surface area contributed by atoms with Gasteiger partial charge in [0.2, 0.25) is 0 Å². The predicted octanol–water partition coefficient (Wildman–Crippen LogP) is -0.434. The van der Waals surface area contributed by atoms with E-state index in [2.05, 4.69) is 6.92 Å². The standard InChI is InChI=1S/C9H20O5Si.H4Si/c1-4-5-15(10-2,11-3)14-8-12-6-9-7-13-9;/h9H,4-8H2,1-3H3;1H4. The molecule has 1 aliphatic rings. The van der Waals surface area contributed by atoms with Crippen molar-refractivity contribution in [3.05, 3.63) is 0 Å². The number of rotatable bonds is 9. The molecule has 0 aromatic carbocycles. The van der Waals surface area contributed by atoms with Crippen LogP contribution in [-0.4, -0.2) is 60.1 Å². The molecule has 1 aliphatic heterocycles. The summed E-state index contributed by atoms with van der Waals surface area (Å²) < 4.78 is 26.5. The average Bonchev–Trinajstić information content (AvgIpc) is 3.07. The Morgan fingerprint density at radius 1 is 1.31 bits per heavy atom. The Kier molecular flexibility index (Phi) is 8.46. The molecule has 5 nitrogen and oxygen atoms in total. The highest BCUT2D eigenvalue weighted by Gasteiger charge is 2.38. The Morgan fingerprint density at radius 3 is 2.38 bits per heavy atom. The summed E-state index contributed by atoms with van der Waals surface area (Å²) in [5, 5.41) is 0. The minimum Gasteiger partial charge on any atom is -0.377 e. The maximum Gasteiger partial charge on any atom is 0.502 e. The summed E-state index contributed by atoms with van der Waals surface area (Å²) in [5.41, 5.74) is 0. The highest BCUT2D eigenvalue weighted by Crippen LogP contribution is 2.16. The molecule has 0 bridgehead atoms. The fourth-order valence-corrected chi connectivity index (χ4v) is 3.09. The van der Waals surface area contributed by atoms with Gasteiger partial charge in [-0.05, 0) is 11.0 Å². The third kappa shape index (κ3) is 5.53. The van der Waals surface area contributed by atoms with E-state index in [1.54, 1.807) is 14.2 Å². The second-order valence-electron chi connectivity index (χ2n) is 3.43. The molecular formula is C9H24O5Si2. The van der Waals surface area contributed by atoms with E-state index in [0.717, 1.165) is 19.1 Å². The molecule has 1 fully saturated rings. The molecule has 0 amide bonds. The predicted molar refractivity (Wildman–Crippen MR) is 67.8 cm³/mol. The lowest BCUT2D eigenvalue weighted by molar-refractivity contribution is -0.0369. The van der Waals surface area contributed by atoms with Gasteiger partial charge in [0.1, 0.15) is 12.9 Å². The number of hydrogen-bond donors (Lipinski definition) is 0. The molecule has 7 heteroatoms. The zero-order chi connectivity index (χ0) is 11.1. The van der Waals surface area contributed by atoms with Gasteiger partial charge in [0.05, 0.1) is 13.2 Å². The van der Waals surface area contributed by atoms with Crippen LogP contribution in [0, 0.1) is 0 Å². The van der Waals surface area contributed by atoms with Crippen molar-refractivity contribution in [1.82, 2.24) is 0 Å². The van der Waals surface area contributed by atoms with Gasteiger partial charge in [-0.1, -0.05) is 13.3 Å². The van der Waals surface area contributed by atoms with Gasteiger partial charge in [-0.3, -0.25) is 0 Å². The highest BCUT2D eigenvalue weighted by molar-refractivity contribution is 6.60.